The fourth-order valence-corrected chi connectivity index (χ4v) is 3.63. The maximum absolute atomic E-state index is 9.85. The highest BCUT2D eigenvalue weighted by atomic mass is 16.6. The molecule has 9 heteroatoms. The highest BCUT2D eigenvalue weighted by Crippen LogP contribution is 2.31. The van der Waals surface area contributed by atoms with Crippen molar-refractivity contribution >= 4 is 11.2 Å². The molecule has 2 saturated heterocycles. The zero-order chi connectivity index (χ0) is 20.0. The number of rotatable bonds is 5. The van der Waals surface area contributed by atoms with Gasteiger partial charge in [-0.05, 0) is 25.1 Å². The summed E-state index contributed by atoms with van der Waals surface area (Å²) in [6, 6.07) is 9.54. The van der Waals surface area contributed by atoms with Gasteiger partial charge in [0.2, 0.25) is 5.88 Å². The van der Waals surface area contributed by atoms with Gasteiger partial charge in [0.15, 0.2) is 11.8 Å². The van der Waals surface area contributed by atoms with Crippen LogP contribution in [0.25, 0.3) is 11.2 Å². The molecule has 5 rings (SSSR count). The number of nitrogens with one attached hydrogen (secondary N) is 1. The Bertz CT molecular complexity index is 1040. The molecule has 2 N–H and O–H groups in total. The predicted octanol–water partition coefficient (Wildman–Crippen LogP) is 1.97. The van der Waals surface area contributed by atoms with E-state index in [1.807, 2.05) is 31.2 Å². The fourth-order valence-electron chi connectivity index (χ4n) is 3.63. The number of aryl methyl sites for hydroxylation is 1. The molecule has 0 saturated carbocycles. The Morgan fingerprint density at radius 2 is 1.93 bits per heavy atom. The molecule has 1 unspecified atom stereocenters. The standard InChI is InChI=1S/C20H21N3O6/c1-10-6-13-18(22-19(10)28-12-5-3-4-11(7-12)25-2)23-20(21-13)29-15-9-27-16-14(24)8-26-17(15)16/h3-7,14-17,24H,8-9H2,1-2H3,(H,21,22,23)/t14-,15-,16-,17?/m1/s1. The van der Waals surface area contributed by atoms with Crippen LogP contribution in [0.3, 0.4) is 0 Å². The monoisotopic (exact) mass is 399 g/mol. The number of aromatic nitrogens is 3. The molecule has 2 aromatic heterocycles. The van der Waals surface area contributed by atoms with Gasteiger partial charge in [-0.2, -0.15) is 9.97 Å². The average Bonchev–Trinajstić information content (AvgIpc) is 3.40. The minimum absolute atomic E-state index is 0.251. The summed E-state index contributed by atoms with van der Waals surface area (Å²) in [5.41, 5.74) is 2.06. The Morgan fingerprint density at radius 3 is 2.79 bits per heavy atom. The second-order valence-corrected chi connectivity index (χ2v) is 7.12. The number of pyridine rings is 1. The number of aromatic amines is 1. The molecule has 0 amide bonds. The second-order valence-electron chi connectivity index (χ2n) is 7.12. The summed E-state index contributed by atoms with van der Waals surface area (Å²) in [4.78, 5) is 12.0. The van der Waals surface area contributed by atoms with Gasteiger partial charge in [-0.1, -0.05) is 6.07 Å². The van der Waals surface area contributed by atoms with Crippen LogP contribution < -0.4 is 14.2 Å². The minimum Gasteiger partial charge on any atom is -0.497 e. The van der Waals surface area contributed by atoms with Crippen LogP contribution in [0.15, 0.2) is 30.3 Å². The average molecular weight is 399 g/mol. The zero-order valence-electron chi connectivity index (χ0n) is 16.0. The topological polar surface area (TPSA) is 108 Å². The van der Waals surface area contributed by atoms with Gasteiger partial charge in [0.1, 0.15) is 29.8 Å². The van der Waals surface area contributed by atoms with Crippen molar-refractivity contribution in [3.05, 3.63) is 35.9 Å². The maximum Gasteiger partial charge on any atom is 0.296 e. The zero-order valence-corrected chi connectivity index (χ0v) is 16.0. The largest absolute Gasteiger partial charge is 0.497 e. The van der Waals surface area contributed by atoms with E-state index in [1.165, 1.54) is 0 Å². The Kier molecular flexibility index (Phi) is 4.50. The molecule has 0 radical (unpaired) electrons. The number of ether oxygens (including phenoxy) is 5. The molecule has 3 aromatic rings. The first-order chi connectivity index (χ1) is 14.1. The van der Waals surface area contributed by atoms with Crippen molar-refractivity contribution in [1.29, 1.82) is 0 Å². The SMILES string of the molecule is COc1cccc(Oc2nc3nc(O[C@@H]4CO[C@H]5C4OC[C@H]5O)[nH]c3cc2C)c1. The van der Waals surface area contributed by atoms with Crippen LogP contribution in [0.5, 0.6) is 23.4 Å². The third kappa shape index (κ3) is 3.37. The lowest BCUT2D eigenvalue weighted by atomic mass is 10.1. The van der Waals surface area contributed by atoms with Gasteiger partial charge in [-0.25, -0.2) is 0 Å². The van der Waals surface area contributed by atoms with Crippen molar-refractivity contribution in [3.8, 4) is 23.4 Å². The van der Waals surface area contributed by atoms with Gasteiger partial charge in [0, 0.05) is 11.6 Å². The molecular formula is C20H21N3O6. The number of methoxy groups -OCH3 is 1. The molecule has 2 fully saturated rings. The van der Waals surface area contributed by atoms with Crippen molar-refractivity contribution in [2.45, 2.75) is 31.3 Å². The molecule has 0 spiro atoms. The Hall–Kier alpha value is -2.88. The molecule has 0 bridgehead atoms. The summed E-state index contributed by atoms with van der Waals surface area (Å²) in [7, 11) is 1.61. The van der Waals surface area contributed by atoms with Crippen LogP contribution in [0.4, 0.5) is 0 Å². The van der Waals surface area contributed by atoms with Crippen LogP contribution in [0, 0.1) is 6.92 Å². The Labute approximate surface area is 166 Å². The third-order valence-electron chi connectivity index (χ3n) is 5.10. The lowest BCUT2D eigenvalue weighted by molar-refractivity contribution is 0.00706. The predicted molar refractivity (Wildman–Crippen MR) is 102 cm³/mol. The van der Waals surface area contributed by atoms with Gasteiger partial charge in [0.05, 0.1) is 25.8 Å². The van der Waals surface area contributed by atoms with Crippen molar-refractivity contribution in [2.75, 3.05) is 20.3 Å². The van der Waals surface area contributed by atoms with Crippen LogP contribution >= 0.6 is 0 Å². The van der Waals surface area contributed by atoms with Crippen LogP contribution in [0.2, 0.25) is 0 Å². The number of H-pyrrole nitrogens is 1. The van der Waals surface area contributed by atoms with E-state index in [9.17, 15) is 5.11 Å². The molecule has 0 aliphatic carbocycles. The second kappa shape index (κ2) is 7.18. The summed E-state index contributed by atoms with van der Waals surface area (Å²) in [5.74, 6) is 1.78. The molecular weight excluding hydrogens is 378 g/mol. The van der Waals surface area contributed by atoms with E-state index in [2.05, 4.69) is 15.0 Å². The van der Waals surface area contributed by atoms with Crippen molar-refractivity contribution in [3.63, 3.8) is 0 Å². The number of nitrogens with zero attached hydrogens (tertiary/aromatic N) is 2. The first-order valence-electron chi connectivity index (χ1n) is 9.38. The quantitative estimate of drug-likeness (QED) is 0.671. The van der Waals surface area contributed by atoms with Crippen molar-refractivity contribution in [2.24, 2.45) is 0 Å². The number of hydrogen-bond acceptors (Lipinski definition) is 8. The number of aliphatic hydroxyl groups is 1. The molecule has 1 aromatic carbocycles. The van der Waals surface area contributed by atoms with E-state index in [0.717, 1.165) is 11.1 Å². The number of aliphatic hydroxyl groups excluding tert-OH is 1. The van der Waals surface area contributed by atoms with E-state index < -0.39 is 6.10 Å². The van der Waals surface area contributed by atoms with Crippen molar-refractivity contribution in [1.82, 2.24) is 15.0 Å². The molecule has 9 nitrogen and oxygen atoms in total. The highest BCUT2D eigenvalue weighted by Gasteiger charge is 2.48. The van der Waals surface area contributed by atoms with Crippen LogP contribution in [-0.2, 0) is 9.47 Å². The first-order valence-corrected chi connectivity index (χ1v) is 9.38. The number of imidazole rings is 1. The van der Waals surface area contributed by atoms with E-state index in [4.69, 9.17) is 23.7 Å². The Balaban J connectivity index is 1.36. The molecule has 4 atom stereocenters. The van der Waals surface area contributed by atoms with Gasteiger partial charge in [-0.3, -0.25) is 0 Å². The summed E-state index contributed by atoms with van der Waals surface area (Å²) < 4.78 is 28.2. The van der Waals surface area contributed by atoms with Crippen LogP contribution in [-0.4, -0.2) is 64.8 Å². The van der Waals surface area contributed by atoms with Gasteiger partial charge >= 0.3 is 0 Å². The van der Waals surface area contributed by atoms with E-state index in [1.54, 1.807) is 13.2 Å². The lowest BCUT2D eigenvalue weighted by Crippen LogP contribution is -2.34. The van der Waals surface area contributed by atoms with Gasteiger partial charge < -0.3 is 33.8 Å². The molecule has 2 aliphatic heterocycles. The number of fused-ring (bicyclic) bond motifs is 2. The maximum atomic E-state index is 9.85. The van der Waals surface area contributed by atoms with E-state index in [0.29, 0.717) is 35.6 Å². The van der Waals surface area contributed by atoms with Gasteiger partial charge in [0.25, 0.3) is 6.01 Å². The van der Waals surface area contributed by atoms with Crippen LogP contribution in [0.1, 0.15) is 5.56 Å². The summed E-state index contributed by atoms with van der Waals surface area (Å²) in [6.07, 6.45) is -1.62. The van der Waals surface area contributed by atoms with E-state index in [-0.39, 0.29) is 24.9 Å². The Morgan fingerprint density at radius 1 is 1.10 bits per heavy atom. The van der Waals surface area contributed by atoms with Crippen molar-refractivity contribution < 1.29 is 28.8 Å². The first kappa shape index (κ1) is 18.2. The fraction of sp³-hybridized carbons (Fsp3) is 0.400. The normalized spacial score (nSPS) is 25.9. The smallest absolute Gasteiger partial charge is 0.296 e. The lowest BCUT2D eigenvalue weighted by Gasteiger charge is -2.15. The number of hydrogen-bond donors (Lipinski definition) is 2. The van der Waals surface area contributed by atoms with E-state index >= 15 is 0 Å². The summed E-state index contributed by atoms with van der Waals surface area (Å²) >= 11 is 0. The molecule has 2 aliphatic rings. The number of benzene rings is 1. The summed E-state index contributed by atoms with van der Waals surface area (Å²) in [5, 5.41) is 9.85. The molecule has 4 heterocycles. The summed E-state index contributed by atoms with van der Waals surface area (Å²) in [6.45, 7) is 2.49. The van der Waals surface area contributed by atoms with Gasteiger partial charge in [-0.15, -0.1) is 0 Å². The molecule has 152 valence electrons. The minimum atomic E-state index is -0.620. The third-order valence-corrected chi connectivity index (χ3v) is 5.10. The molecule has 29 heavy (non-hydrogen) atoms. The highest BCUT2D eigenvalue weighted by molar-refractivity contribution is 5.73.